The maximum absolute atomic E-state index is 13.1. The molecular weight excluding hydrogens is 327 g/mol. The van der Waals surface area contributed by atoms with Crippen LogP contribution in [0.4, 0.5) is 4.39 Å². The smallest absolute Gasteiger partial charge is 0.264 e. The predicted octanol–water partition coefficient (Wildman–Crippen LogP) is 3.30. The van der Waals surface area contributed by atoms with Crippen molar-refractivity contribution < 1.29 is 21.7 Å². The highest BCUT2D eigenvalue weighted by Gasteiger charge is 2.18. The van der Waals surface area contributed by atoms with Crippen molar-refractivity contribution in [3.8, 4) is 16.9 Å². The normalized spacial score (nSPS) is 13.9. The van der Waals surface area contributed by atoms with Crippen LogP contribution >= 0.6 is 11.3 Å². The number of alkyl halides is 1. The van der Waals surface area contributed by atoms with Gasteiger partial charge in [0, 0.05) is 16.9 Å². The van der Waals surface area contributed by atoms with Gasteiger partial charge in [-0.1, -0.05) is 6.07 Å². The van der Waals surface area contributed by atoms with E-state index in [2.05, 4.69) is 0 Å². The summed E-state index contributed by atoms with van der Waals surface area (Å²) in [4.78, 5) is 0.496. The number of rotatable bonds is 5. The van der Waals surface area contributed by atoms with E-state index in [-0.39, 0.29) is 6.61 Å². The van der Waals surface area contributed by atoms with Crippen LogP contribution in [-0.4, -0.2) is 21.3 Å². The van der Waals surface area contributed by atoms with Gasteiger partial charge in [0.1, 0.15) is 12.4 Å². The van der Waals surface area contributed by atoms with Crippen LogP contribution in [0.1, 0.15) is 16.0 Å². The van der Waals surface area contributed by atoms with Crippen molar-refractivity contribution in [2.24, 2.45) is 0 Å². The molecule has 2 heterocycles. The zero-order valence-electron chi connectivity index (χ0n) is 12.0. The molecule has 4 nitrogen and oxygen atoms in total. The highest BCUT2D eigenvalue weighted by atomic mass is 32.2. The van der Waals surface area contributed by atoms with Gasteiger partial charge < -0.3 is 4.74 Å². The molecule has 0 saturated carbocycles. The molecule has 2 aromatic rings. The molecule has 0 amide bonds. The third kappa shape index (κ3) is 3.16. The molecule has 1 aliphatic rings. The molecule has 0 radical (unpaired) electrons. The molecule has 22 heavy (non-hydrogen) atoms. The summed E-state index contributed by atoms with van der Waals surface area (Å²) < 4.78 is 45.9. The topological polar surface area (TPSA) is 52.6 Å². The van der Waals surface area contributed by atoms with Crippen molar-refractivity contribution in [3.05, 3.63) is 39.6 Å². The second-order valence-corrected chi connectivity index (χ2v) is 7.68. The number of halogens is 1. The van der Waals surface area contributed by atoms with Crippen LogP contribution in [0.25, 0.3) is 11.1 Å². The predicted molar refractivity (Wildman–Crippen MR) is 83.4 cm³/mol. The zero-order chi connectivity index (χ0) is 15.7. The van der Waals surface area contributed by atoms with Crippen LogP contribution in [0, 0.1) is 0 Å². The summed E-state index contributed by atoms with van der Waals surface area (Å²) in [6.07, 6.45) is 1.83. The number of benzene rings is 1. The molecule has 0 unspecified atom stereocenters. The third-order valence-corrected chi connectivity index (χ3v) is 5.06. The number of hydrogen-bond acceptors (Lipinski definition) is 5. The van der Waals surface area contributed by atoms with Crippen LogP contribution in [-0.2, 0) is 34.0 Å². The van der Waals surface area contributed by atoms with Gasteiger partial charge in [-0.05, 0) is 34.2 Å². The van der Waals surface area contributed by atoms with Gasteiger partial charge >= 0.3 is 0 Å². The lowest BCUT2D eigenvalue weighted by Crippen LogP contribution is -2.04. The number of ether oxygens (including phenoxy) is 1. The van der Waals surface area contributed by atoms with E-state index in [0.29, 0.717) is 17.0 Å². The molecule has 1 aliphatic heterocycles. The molecular formula is C15H15FO4S2. The molecule has 0 spiro atoms. The van der Waals surface area contributed by atoms with Crippen LogP contribution < -0.4 is 4.74 Å². The van der Waals surface area contributed by atoms with Crippen molar-refractivity contribution in [1.29, 1.82) is 0 Å². The SMILES string of the molecule is CS(=O)(=O)OCc1c(-c2ccc3c(c2)CCO3)csc1CF. The van der Waals surface area contributed by atoms with Crippen molar-refractivity contribution >= 4 is 21.5 Å². The number of hydrogen-bond donors (Lipinski definition) is 0. The fourth-order valence-electron chi connectivity index (χ4n) is 2.46. The Morgan fingerprint density at radius 3 is 2.95 bits per heavy atom. The van der Waals surface area contributed by atoms with Gasteiger partial charge in [0.2, 0.25) is 0 Å². The van der Waals surface area contributed by atoms with Gasteiger partial charge in [-0.2, -0.15) is 8.42 Å². The molecule has 0 bridgehead atoms. The minimum absolute atomic E-state index is 0.148. The molecule has 0 atom stereocenters. The van der Waals surface area contributed by atoms with Crippen molar-refractivity contribution in [3.63, 3.8) is 0 Å². The highest BCUT2D eigenvalue weighted by Crippen LogP contribution is 2.36. The van der Waals surface area contributed by atoms with E-state index in [0.717, 1.165) is 35.1 Å². The fourth-order valence-corrected chi connectivity index (χ4v) is 3.70. The van der Waals surface area contributed by atoms with Gasteiger partial charge in [-0.25, -0.2) is 4.39 Å². The van der Waals surface area contributed by atoms with Gasteiger partial charge in [0.15, 0.2) is 0 Å². The van der Waals surface area contributed by atoms with E-state index in [9.17, 15) is 12.8 Å². The highest BCUT2D eigenvalue weighted by molar-refractivity contribution is 7.85. The standard InChI is InChI=1S/C15H15FO4S2/c1-22(17,18)20-8-12-13(9-21-15(12)7-16)10-2-3-14-11(6-10)4-5-19-14/h2-3,6,9H,4-5,7-8H2,1H3. The third-order valence-electron chi connectivity index (χ3n) is 3.52. The Morgan fingerprint density at radius 1 is 1.41 bits per heavy atom. The van der Waals surface area contributed by atoms with Crippen molar-refractivity contribution in [2.45, 2.75) is 19.7 Å². The fraction of sp³-hybridized carbons (Fsp3) is 0.333. The molecule has 0 fully saturated rings. The van der Waals surface area contributed by atoms with Crippen LogP contribution in [0.5, 0.6) is 5.75 Å². The van der Waals surface area contributed by atoms with E-state index in [1.165, 1.54) is 11.3 Å². The molecule has 0 N–H and O–H groups in total. The summed E-state index contributed by atoms with van der Waals surface area (Å²) in [5.41, 5.74) is 3.44. The van der Waals surface area contributed by atoms with Gasteiger partial charge in [-0.3, -0.25) is 4.18 Å². The first kappa shape index (κ1) is 15.5. The summed E-state index contributed by atoms with van der Waals surface area (Å²) in [5, 5.41) is 1.84. The maximum Gasteiger partial charge on any atom is 0.264 e. The Bertz CT molecular complexity index is 796. The molecule has 7 heteroatoms. The minimum Gasteiger partial charge on any atom is -0.493 e. The Kier molecular flexibility index (Phi) is 4.20. The van der Waals surface area contributed by atoms with Gasteiger partial charge in [0.05, 0.1) is 19.5 Å². The van der Waals surface area contributed by atoms with E-state index in [1.807, 2.05) is 23.6 Å². The summed E-state index contributed by atoms with van der Waals surface area (Å²) in [6.45, 7) is -0.117. The van der Waals surface area contributed by atoms with E-state index in [1.54, 1.807) is 0 Å². The number of thiophene rings is 1. The first-order valence-electron chi connectivity index (χ1n) is 6.73. The second kappa shape index (κ2) is 5.98. The van der Waals surface area contributed by atoms with Gasteiger partial charge in [0.25, 0.3) is 10.1 Å². The summed E-state index contributed by atoms with van der Waals surface area (Å²) in [6, 6.07) is 5.81. The largest absolute Gasteiger partial charge is 0.493 e. The van der Waals surface area contributed by atoms with E-state index >= 15 is 0 Å². The second-order valence-electron chi connectivity index (χ2n) is 5.07. The van der Waals surface area contributed by atoms with E-state index < -0.39 is 16.8 Å². The first-order valence-corrected chi connectivity index (χ1v) is 9.43. The lowest BCUT2D eigenvalue weighted by atomic mass is 10.0. The Hall–Kier alpha value is -1.44. The van der Waals surface area contributed by atoms with Crippen molar-refractivity contribution in [1.82, 2.24) is 0 Å². The molecule has 1 aromatic carbocycles. The average molecular weight is 342 g/mol. The van der Waals surface area contributed by atoms with Gasteiger partial charge in [-0.15, -0.1) is 11.3 Å². The average Bonchev–Trinajstić information content (AvgIpc) is 3.09. The summed E-state index contributed by atoms with van der Waals surface area (Å²) in [5.74, 6) is 0.874. The van der Waals surface area contributed by atoms with Crippen LogP contribution in [0.15, 0.2) is 23.6 Å². The lowest BCUT2D eigenvalue weighted by Gasteiger charge is -2.08. The monoisotopic (exact) mass is 342 g/mol. The summed E-state index contributed by atoms with van der Waals surface area (Å²) in [7, 11) is -3.57. The molecule has 118 valence electrons. The lowest BCUT2D eigenvalue weighted by molar-refractivity contribution is 0.310. The molecule has 3 rings (SSSR count). The Balaban J connectivity index is 1.98. The first-order chi connectivity index (χ1) is 10.5. The molecule has 1 aromatic heterocycles. The van der Waals surface area contributed by atoms with Crippen LogP contribution in [0.2, 0.25) is 0 Å². The Morgan fingerprint density at radius 2 is 2.23 bits per heavy atom. The zero-order valence-corrected chi connectivity index (χ0v) is 13.6. The quantitative estimate of drug-likeness (QED) is 0.783. The minimum atomic E-state index is -3.57. The van der Waals surface area contributed by atoms with E-state index in [4.69, 9.17) is 8.92 Å². The molecule has 0 aliphatic carbocycles. The summed E-state index contributed by atoms with van der Waals surface area (Å²) >= 11 is 1.27. The Labute approximate surface area is 132 Å². The maximum atomic E-state index is 13.1. The molecule has 0 saturated heterocycles. The van der Waals surface area contributed by atoms with Crippen molar-refractivity contribution in [2.75, 3.05) is 12.9 Å². The van der Waals surface area contributed by atoms with Crippen LogP contribution in [0.3, 0.4) is 0 Å². The number of fused-ring (bicyclic) bond motifs is 1.